The molecule has 2 aromatic rings. The number of fused-ring (bicyclic) bond motifs is 2. The van der Waals surface area contributed by atoms with Crippen molar-refractivity contribution in [1.29, 1.82) is 0 Å². The first-order valence-corrected chi connectivity index (χ1v) is 4.45. The Kier molecular flexibility index (Phi) is 1.32. The van der Waals surface area contributed by atoms with Crippen LogP contribution in [0.4, 0.5) is 0 Å². The van der Waals surface area contributed by atoms with Crippen molar-refractivity contribution in [3.8, 4) is 0 Å². The predicted octanol–water partition coefficient (Wildman–Crippen LogP) is 3.70. The van der Waals surface area contributed by atoms with Crippen molar-refractivity contribution in [3.05, 3.63) is 20.6 Å². The van der Waals surface area contributed by atoms with Crippen LogP contribution in [0.5, 0.6) is 0 Å². The standard InChI is InChI=1S/C7H4Br2O/c1-3-5-2-4(8)7(10-5)6(3)9/h2H,1H3. The van der Waals surface area contributed by atoms with Gasteiger partial charge in [-0.3, -0.25) is 0 Å². The third-order valence-corrected chi connectivity index (χ3v) is 3.13. The maximum absolute atomic E-state index is 5.38. The van der Waals surface area contributed by atoms with E-state index in [1.54, 1.807) is 0 Å². The molecule has 3 heteroatoms. The fourth-order valence-electron chi connectivity index (χ4n) is 0.982. The molecular weight excluding hydrogens is 260 g/mol. The van der Waals surface area contributed by atoms with E-state index in [-0.39, 0.29) is 0 Å². The smallest absolute Gasteiger partial charge is 0.156 e. The summed E-state index contributed by atoms with van der Waals surface area (Å²) in [6.45, 7) is 2.03. The van der Waals surface area contributed by atoms with Crippen LogP contribution < -0.4 is 0 Å². The van der Waals surface area contributed by atoms with E-state index in [0.29, 0.717) is 0 Å². The predicted molar refractivity (Wildman–Crippen MR) is 47.5 cm³/mol. The van der Waals surface area contributed by atoms with Crippen LogP contribution in [0.3, 0.4) is 0 Å². The van der Waals surface area contributed by atoms with Crippen LogP contribution in [0.25, 0.3) is 11.2 Å². The Hall–Kier alpha value is -0.0200. The van der Waals surface area contributed by atoms with Gasteiger partial charge in [0.1, 0.15) is 5.58 Å². The summed E-state index contributed by atoms with van der Waals surface area (Å²) in [5.41, 5.74) is 3.04. The third-order valence-electron chi connectivity index (χ3n) is 1.58. The molecule has 0 aliphatic rings. The van der Waals surface area contributed by atoms with E-state index < -0.39 is 0 Å². The molecule has 0 spiro atoms. The van der Waals surface area contributed by atoms with E-state index in [4.69, 9.17) is 4.42 Å². The van der Waals surface area contributed by atoms with Crippen LogP contribution in [0.1, 0.15) is 5.56 Å². The molecule has 0 amide bonds. The van der Waals surface area contributed by atoms with Crippen molar-refractivity contribution in [2.75, 3.05) is 0 Å². The van der Waals surface area contributed by atoms with Crippen molar-refractivity contribution in [3.63, 3.8) is 0 Å². The zero-order valence-electron chi connectivity index (χ0n) is 5.24. The average Bonchev–Trinajstić information content (AvgIpc) is 2.36. The summed E-state index contributed by atoms with van der Waals surface area (Å²) >= 11 is 6.80. The van der Waals surface area contributed by atoms with Gasteiger partial charge in [-0.25, -0.2) is 0 Å². The second-order valence-corrected chi connectivity index (χ2v) is 3.87. The van der Waals surface area contributed by atoms with Crippen LogP contribution in [0, 0.1) is 6.92 Å². The van der Waals surface area contributed by atoms with E-state index in [2.05, 4.69) is 31.9 Å². The fraction of sp³-hybridized carbons (Fsp3) is 0.143. The van der Waals surface area contributed by atoms with E-state index >= 15 is 0 Å². The zero-order chi connectivity index (χ0) is 7.30. The second kappa shape index (κ2) is 1.98. The van der Waals surface area contributed by atoms with Gasteiger partial charge in [-0.15, -0.1) is 0 Å². The van der Waals surface area contributed by atoms with Crippen LogP contribution >= 0.6 is 31.9 Å². The van der Waals surface area contributed by atoms with Gasteiger partial charge in [0.2, 0.25) is 0 Å². The van der Waals surface area contributed by atoms with Crippen LogP contribution in [-0.4, -0.2) is 0 Å². The Morgan fingerprint density at radius 2 is 2.10 bits per heavy atom. The SMILES string of the molecule is Cc1c(Br)c2oc1cc2Br. The molecule has 0 radical (unpaired) electrons. The maximum atomic E-state index is 5.38. The molecule has 2 bridgehead atoms. The van der Waals surface area contributed by atoms with Crippen molar-refractivity contribution in [1.82, 2.24) is 0 Å². The Labute approximate surface area is 75.0 Å². The van der Waals surface area contributed by atoms with E-state index in [0.717, 1.165) is 20.1 Å². The first kappa shape index (κ1) is 6.68. The molecule has 2 heterocycles. The molecule has 0 unspecified atom stereocenters. The van der Waals surface area contributed by atoms with Gasteiger partial charge < -0.3 is 4.42 Å². The highest BCUT2D eigenvalue weighted by molar-refractivity contribution is 9.11. The van der Waals surface area contributed by atoms with Gasteiger partial charge in [0.25, 0.3) is 0 Å². The molecule has 10 heavy (non-hydrogen) atoms. The van der Waals surface area contributed by atoms with Gasteiger partial charge in [-0.2, -0.15) is 0 Å². The minimum atomic E-state index is 0.910. The molecule has 1 nitrogen and oxygen atoms in total. The molecule has 0 N–H and O–H groups in total. The van der Waals surface area contributed by atoms with E-state index in [1.807, 2.05) is 13.0 Å². The van der Waals surface area contributed by atoms with Gasteiger partial charge in [0.15, 0.2) is 5.58 Å². The van der Waals surface area contributed by atoms with E-state index in [9.17, 15) is 0 Å². The van der Waals surface area contributed by atoms with Gasteiger partial charge in [0, 0.05) is 5.56 Å². The first-order valence-electron chi connectivity index (χ1n) is 2.86. The van der Waals surface area contributed by atoms with Crippen LogP contribution in [-0.2, 0) is 0 Å². The number of hydrogen-bond acceptors (Lipinski definition) is 1. The average molecular weight is 264 g/mol. The maximum Gasteiger partial charge on any atom is 0.156 e. The third kappa shape index (κ3) is 0.676. The monoisotopic (exact) mass is 262 g/mol. The molecule has 0 fully saturated rings. The summed E-state index contributed by atoms with van der Waals surface area (Å²) in [6, 6.07) is 1.98. The highest BCUT2D eigenvalue weighted by atomic mass is 79.9. The largest absolute Gasteiger partial charge is 0.455 e. The Bertz CT molecular complexity index is 364. The van der Waals surface area contributed by atoms with Crippen molar-refractivity contribution >= 4 is 43.0 Å². The zero-order valence-corrected chi connectivity index (χ0v) is 8.41. The lowest BCUT2D eigenvalue weighted by atomic mass is 10.2. The topological polar surface area (TPSA) is 13.1 Å². The molecule has 0 saturated carbocycles. The highest BCUT2D eigenvalue weighted by Crippen LogP contribution is 2.38. The first-order chi connectivity index (χ1) is 4.70. The lowest BCUT2D eigenvalue weighted by Gasteiger charge is -1.88. The quantitative estimate of drug-likeness (QED) is 0.706. The normalized spacial score (nSPS) is 11.5. The number of benzene rings is 1. The van der Waals surface area contributed by atoms with E-state index in [1.165, 1.54) is 5.56 Å². The lowest BCUT2D eigenvalue weighted by Crippen LogP contribution is -1.69. The number of furan rings is 2. The minimum Gasteiger partial charge on any atom is -0.455 e. The number of halogens is 2. The van der Waals surface area contributed by atoms with Crippen molar-refractivity contribution < 1.29 is 4.42 Å². The molecule has 2 aromatic heterocycles. The van der Waals surface area contributed by atoms with Gasteiger partial charge >= 0.3 is 0 Å². The van der Waals surface area contributed by atoms with Gasteiger partial charge in [-0.1, -0.05) is 0 Å². The van der Waals surface area contributed by atoms with Crippen LogP contribution in [0.2, 0.25) is 0 Å². The number of aryl methyl sites for hydroxylation is 1. The fourth-order valence-corrected chi connectivity index (χ4v) is 2.22. The molecule has 0 aliphatic carbocycles. The summed E-state index contributed by atoms with van der Waals surface area (Å²) in [5.74, 6) is 0. The van der Waals surface area contributed by atoms with Crippen molar-refractivity contribution in [2.45, 2.75) is 6.92 Å². The molecule has 0 saturated heterocycles. The summed E-state index contributed by atoms with van der Waals surface area (Å²) < 4.78 is 7.48. The van der Waals surface area contributed by atoms with Gasteiger partial charge in [0.05, 0.1) is 8.95 Å². The molecule has 52 valence electrons. The molecule has 0 aromatic carbocycles. The summed E-state index contributed by atoms with van der Waals surface area (Å²) in [4.78, 5) is 0. The Morgan fingerprint density at radius 1 is 1.40 bits per heavy atom. The number of hydrogen-bond donors (Lipinski definition) is 0. The molecule has 0 aliphatic heterocycles. The molecule has 0 atom stereocenters. The Morgan fingerprint density at radius 3 is 2.50 bits per heavy atom. The second-order valence-electron chi connectivity index (χ2n) is 2.23. The molecular formula is C7H4Br2O. The minimum absolute atomic E-state index is 0.910. The summed E-state index contributed by atoms with van der Waals surface area (Å²) in [7, 11) is 0. The highest BCUT2D eigenvalue weighted by Gasteiger charge is 2.14. The van der Waals surface area contributed by atoms with Gasteiger partial charge in [-0.05, 0) is 44.8 Å². The summed E-state index contributed by atoms with van der Waals surface area (Å²) in [6.07, 6.45) is 0. The number of rotatable bonds is 0. The van der Waals surface area contributed by atoms with Crippen molar-refractivity contribution in [2.24, 2.45) is 0 Å². The van der Waals surface area contributed by atoms with Crippen LogP contribution in [0.15, 0.2) is 19.4 Å². The molecule has 2 rings (SSSR count). The lowest BCUT2D eigenvalue weighted by molar-refractivity contribution is 0.672. The Balaban J connectivity index is 2.95. The summed E-state index contributed by atoms with van der Waals surface area (Å²) in [5, 5.41) is 0.